The summed E-state index contributed by atoms with van der Waals surface area (Å²) in [5, 5.41) is 3.19. The maximum Gasteiger partial charge on any atom is 0.354 e. The van der Waals surface area contributed by atoms with Gasteiger partial charge in [-0.1, -0.05) is 5.11 Å². The molecule has 0 aromatic carbocycles. The van der Waals surface area contributed by atoms with Gasteiger partial charge in [0.25, 0.3) is 0 Å². The van der Waals surface area contributed by atoms with Gasteiger partial charge in [0.1, 0.15) is 17.1 Å². The van der Waals surface area contributed by atoms with E-state index in [1.165, 1.54) is 23.8 Å². The number of fused-ring (bicyclic) bond motifs is 1. The SMILES string of the molecule is COC(=O)C1=C(CN=[N+]=[N-])CS[C@@H]2C(N)C(=O)N12. The Hall–Kier alpha value is -1.70. The van der Waals surface area contributed by atoms with Crippen LogP contribution in [0, 0.1) is 0 Å². The van der Waals surface area contributed by atoms with E-state index in [2.05, 4.69) is 14.8 Å². The summed E-state index contributed by atoms with van der Waals surface area (Å²) in [5.41, 5.74) is 14.7. The number of methoxy groups -OCH3 is 1. The quantitative estimate of drug-likeness (QED) is 0.253. The molecule has 2 aliphatic rings. The Morgan fingerprint density at radius 2 is 2.50 bits per heavy atom. The van der Waals surface area contributed by atoms with Gasteiger partial charge in [-0.15, -0.1) is 11.8 Å². The number of β-lactam (4-membered cyclic amide) rings is 1. The predicted molar refractivity (Wildman–Crippen MR) is 64.1 cm³/mol. The lowest BCUT2D eigenvalue weighted by Crippen LogP contribution is -2.68. The summed E-state index contributed by atoms with van der Waals surface area (Å²) in [5.74, 6) is -0.430. The van der Waals surface area contributed by atoms with Crippen molar-refractivity contribution in [2.24, 2.45) is 10.8 Å². The van der Waals surface area contributed by atoms with Gasteiger partial charge in [0, 0.05) is 10.7 Å². The first-order valence-electron chi connectivity index (χ1n) is 5.13. The van der Waals surface area contributed by atoms with E-state index in [9.17, 15) is 9.59 Å². The van der Waals surface area contributed by atoms with Crippen LogP contribution in [0.1, 0.15) is 0 Å². The average molecular weight is 269 g/mol. The lowest BCUT2D eigenvalue weighted by Gasteiger charge is -2.48. The highest BCUT2D eigenvalue weighted by Crippen LogP contribution is 2.39. The van der Waals surface area contributed by atoms with E-state index >= 15 is 0 Å². The van der Waals surface area contributed by atoms with Gasteiger partial charge >= 0.3 is 5.97 Å². The lowest BCUT2D eigenvalue weighted by atomic mass is 10.0. The first-order chi connectivity index (χ1) is 8.61. The Labute approximate surface area is 107 Å². The molecule has 0 aliphatic carbocycles. The van der Waals surface area contributed by atoms with Crippen LogP contribution in [0.5, 0.6) is 0 Å². The minimum absolute atomic E-state index is 0.0413. The molecular formula is C9H11N5O3S. The van der Waals surface area contributed by atoms with Crippen LogP contribution in [-0.4, -0.2) is 47.6 Å². The fourth-order valence-electron chi connectivity index (χ4n) is 1.90. The van der Waals surface area contributed by atoms with Gasteiger partial charge in [0.15, 0.2) is 0 Å². The van der Waals surface area contributed by atoms with Crippen LogP contribution in [0.3, 0.4) is 0 Å². The van der Waals surface area contributed by atoms with E-state index in [1.807, 2.05) is 0 Å². The van der Waals surface area contributed by atoms with E-state index in [0.717, 1.165) is 0 Å². The highest BCUT2D eigenvalue weighted by molar-refractivity contribution is 8.00. The van der Waals surface area contributed by atoms with Crippen molar-refractivity contribution in [1.82, 2.24) is 4.90 Å². The Bertz CT molecular complexity index is 485. The Morgan fingerprint density at radius 1 is 1.78 bits per heavy atom. The number of ether oxygens (including phenoxy) is 1. The van der Waals surface area contributed by atoms with E-state index in [1.54, 1.807) is 0 Å². The minimum Gasteiger partial charge on any atom is -0.464 e. The second-order valence-electron chi connectivity index (χ2n) is 3.77. The molecule has 0 aromatic rings. The van der Waals surface area contributed by atoms with Crippen molar-refractivity contribution in [3.63, 3.8) is 0 Å². The standard InChI is InChI=1S/C9H11N5O3S/c1-17-9(16)6-4(2-12-13-11)3-18-8-5(10)7(15)14(6)8/h5,8H,2-3,10H2,1H3/t5?,8-/m1/s1. The molecule has 1 fully saturated rings. The predicted octanol–water partition coefficient (Wildman–Crippen LogP) is -0.0338. The Morgan fingerprint density at radius 3 is 3.11 bits per heavy atom. The molecule has 0 aromatic heterocycles. The normalized spacial score (nSPS) is 26.1. The Kier molecular flexibility index (Phi) is 3.46. The van der Waals surface area contributed by atoms with Crippen LogP contribution in [0.4, 0.5) is 0 Å². The number of azide groups is 1. The summed E-state index contributed by atoms with van der Waals surface area (Å²) in [6.07, 6.45) is 0. The maximum atomic E-state index is 11.7. The molecule has 9 heteroatoms. The second-order valence-corrected chi connectivity index (χ2v) is 4.87. The number of amides is 1. The summed E-state index contributed by atoms with van der Waals surface area (Å²) >= 11 is 1.45. The average Bonchev–Trinajstić information content (AvgIpc) is 2.42. The molecule has 2 aliphatic heterocycles. The molecule has 2 atom stereocenters. The zero-order valence-corrected chi connectivity index (χ0v) is 10.4. The molecule has 2 rings (SSSR count). The second kappa shape index (κ2) is 4.89. The van der Waals surface area contributed by atoms with Crippen LogP contribution in [-0.2, 0) is 14.3 Å². The van der Waals surface area contributed by atoms with Crippen molar-refractivity contribution in [1.29, 1.82) is 0 Å². The first kappa shape index (κ1) is 12.7. The lowest BCUT2D eigenvalue weighted by molar-refractivity contribution is -0.149. The number of carbonyl (C=O) groups is 2. The number of hydrogen-bond acceptors (Lipinski definition) is 6. The molecule has 18 heavy (non-hydrogen) atoms. The molecular weight excluding hydrogens is 258 g/mol. The van der Waals surface area contributed by atoms with Crippen molar-refractivity contribution in [2.45, 2.75) is 11.4 Å². The zero-order valence-electron chi connectivity index (χ0n) is 9.57. The largest absolute Gasteiger partial charge is 0.464 e. The molecule has 0 bridgehead atoms. The number of thioether (sulfide) groups is 1. The van der Waals surface area contributed by atoms with Crippen LogP contribution in [0.15, 0.2) is 16.4 Å². The van der Waals surface area contributed by atoms with Gasteiger partial charge in [0.2, 0.25) is 5.91 Å². The fraction of sp³-hybridized carbons (Fsp3) is 0.556. The molecule has 0 radical (unpaired) electrons. The van der Waals surface area contributed by atoms with Gasteiger partial charge in [0.05, 0.1) is 13.7 Å². The molecule has 1 saturated heterocycles. The number of nitrogens with zero attached hydrogens (tertiary/aromatic N) is 4. The summed E-state index contributed by atoms with van der Waals surface area (Å²) < 4.78 is 4.66. The molecule has 2 N–H and O–H groups in total. The molecule has 96 valence electrons. The van der Waals surface area contributed by atoms with Gasteiger partial charge < -0.3 is 10.5 Å². The third-order valence-corrected chi connectivity index (χ3v) is 4.15. The minimum atomic E-state index is -0.608. The molecule has 1 unspecified atom stereocenters. The highest BCUT2D eigenvalue weighted by atomic mass is 32.2. The molecule has 2 heterocycles. The van der Waals surface area contributed by atoms with Gasteiger partial charge in [-0.25, -0.2) is 4.79 Å². The maximum absolute atomic E-state index is 11.7. The number of carbonyl (C=O) groups excluding carboxylic acids is 2. The van der Waals surface area contributed by atoms with Crippen LogP contribution in [0.25, 0.3) is 10.4 Å². The molecule has 0 saturated carbocycles. The van der Waals surface area contributed by atoms with E-state index in [0.29, 0.717) is 11.3 Å². The Balaban J connectivity index is 2.37. The van der Waals surface area contributed by atoms with Crippen molar-refractivity contribution < 1.29 is 14.3 Å². The summed E-state index contributed by atoms with van der Waals surface area (Å²) in [6, 6.07) is -0.587. The smallest absolute Gasteiger partial charge is 0.354 e. The fourth-order valence-corrected chi connectivity index (χ4v) is 3.19. The van der Waals surface area contributed by atoms with E-state index in [4.69, 9.17) is 11.3 Å². The number of nitrogens with two attached hydrogens (primary N) is 1. The third kappa shape index (κ3) is 1.82. The topological polar surface area (TPSA) is 121 Å². The number of esters is 1. The number of rotatable bonds is 3. The van der Waals surface area contributed by atoms with E-state index < -0.39 is 12.0 Å². The van der Waals surface area contributed by atoms with Crippen molar-refractivity contribution >= 4 is 23.6 Å². The van der Waals surface area contributed by atoms with Crippen molar-refractivity contribution in [2.75, 3.05) is 19.4 Å². The van der Waals surface area contributed by atoms with Gasteiger partial charge in [-0.2, -0.15) is 0 Å². The molecule has 8 nitrogen and oxygen atoms in total. The molecule has 1 amide bonds. The monoisotopic (exact) mass is 269 g/mol. The summed E-state index contributed by atoms with van der Waals surface area (Å²) in [4.78, 5) is 27.4. The van der Waals surface area contributed by atoms with Crippen LogP contribution in [0.2, 0.25) is 0 Å². The first-order valence-corrected chi connectivity index (χ1v) is 6.18. The van der Waals surface area contributed by atoms with Crippen molar-refractivity contribution in [3.8, 4) is 0 Å². The number of hydrogen-bond donors (Lipinski definition) is 1. The molecule has 0 spiro atoms. The summed E-state index contributed by atoms with van der Waals surface area (Å²) in [6.45, 7) is 0.0413. The highest BCUT2D eigenvalue weighted by Gasteiger charge is 2.51. The zero-order chi connectivity index (χ0) is 13.3. The summed E-state index contributed by atoms with van der Waals surface area (Å²) in [7, 11) is 1.24. The van der Waals surface area contributed by atoms with E-state index in [-0.39, 0.29) is 23.5 Å². The van der Waals surface area contributed by atoms with Gasteiger partial charge in [-0.3, -0.25) is 9.69 Å². The van der Waals surface area contributed by atoms with Crippen LogP contribution >= 0.6 is 11.8 Å². The van der Waals surface area contributed by atoms with Crippen molar-refractivity contribution in [3.05, 3.63) is 21.7 Å². The van der Waals surface area contributed by atoms with Gasteiger partial charge in [-0.05, 0) is 11.1 Å². The third-order valence-electron chi connectivity index (χ3n) is 2.79. The van der Waals surface area contributed by atoms with Crippen LogP contribution < -0.4 is 5.73 Å².